The van der Waals surface area contributed by atoms with Crippen LogP contribution in [0.1, 0.15) is 20.8 Å². The number of hydrogen-bond donors (Lipinski definition) is 1. The van der Waals surface area contributed by atoms with Crippen LogP contribution in [0.3, 0.4) is 0 Å². The quantitative estimate of drug-likeness (QED) is 0.515. The first-order valence-corrected chi connectivity index (χ1v) is 9.21. The molecule has 0 fully saturated rings. The van der Waals surface area contributed by atoms with Crippen molar-refractivity contribution < 1.29 is 0 Å². The number of thiol groups is 1. The van der Waals surface area contributed by atoms with E-state index in [2.05, 4.69) is 44.1 Å². The molecule has 0 aromatic rings. The third kappa shape index (κ3) is 2.75. The topological polar surface area (TPSA) is 0 Å². The molecule has 0 aromatic heterocycles. The highest BCUT2D eigenvalue weighted by Crippen LogP contribution is 2.72. The van der Waals surface area contributed by atoms with Gasteiger partial charge in [-0.2, -0.15) is 0 Å². The van der Waals surface area contributed by atoms with Crippen molar-refractivity contribution in [2.24, 2.45) is 0 Å². The van der Waals surface area contributed by atoms with E-state index in [0.29, 0.717) is 0 Å². The molecule has 0 amide bonds. The van der Waals surface area contributed by atoms with Crippen molar-refractivity contribution in [1.82, 2.24) is 0 Å². The first-order chi connectivity index (χ1) is 4.46. The smallest absolute Gasteiger partial charge is 0.00212 e. The molecule has 0 unspecified atom stereocenters. The van der Waals surface area contributed by atoms with Crippen LogP contribution in [0.5, 0.6) is 0 Å². The standard InChI is InChI=1S/C8H22S2/c1-6-9-10(4,5,7-2)8-3/h10H,6-8H2,1-5H3. The normalized spacial score (nSPS) is 16.3. The van der Waals surface area contributed by atoms with E-state index in [1.807, 2.05) is 0 Å². The van der Waals surface area contributed by atoms with Gasteiger partial charge in [-0.1, -0.05) is 20.8 Å². The molecule has 0 saturated heterocycles. The summed E-state index contributed by atoms with van der Waals surface area (Å²) in [6.07, 6.45) is 5.00. The van der Waals surface area contributed by atoms with Gasteiger partial charge in [-0.15, -0.1) is 10.8 Å². The third-order valence-electron chi connectivity index (χ3n) is 2.54. The van der Waals surface area contributed by atoms with Crippen molar-refractivity contribution in [3.05, 3.63) is 0 Å². The lowest BCUT2D eigenvalue weighted by molar-refractivity contribution is 1.40. The molecule has 10 heavy (non-hydrogen) atoms. The average molecular weight is 182 g/mol. The maximum absolute atomic E-state index is 2.50. The van der Waals surface area contributed by atoms with E-state index in [0.717, 1.165) is 0 Å². The SMILES string of the molecule is CCS[SH](C)(C)(CC)CC. The molecule has 0 radical (unpaired) electrons. The van der Waals surface area contributed by atoms with E-state index in [9.17, 15) is 0 Å². The molecule has 0 spiro atoms. The highest BCUT2D eigenvalue weighted by molar-refractivity contribution is 9.03. The van der Waals surface area contributed by atoms with E-state index in [4.69, 9.17) is 0 Å². The van der Waals surface area contributed by atoms with E-state index in [-0.39, 0.29) is 0 Å². The molecule has 0 aromatic carbocycles. The van der Waals surface area contributed by atoms with E-state index in [1.54, 1.807) is 0 Å². The zero-order chi connectivity index (χ0) is 8.28. The molecule has 0 aliphatic rings. The molecule has 0 aliphatic heterocycles. The van der Waals surface area contributed by atoms with Gasteiger partial charge in [0.15, 0.2) is 0 Å². The van der Waals surface area contributed by atoms with Crippen molar-refractivity contribution >= 4 is 19.0 Å². The van der Waals surface area contributed by atoms with Gasteiger partial charge in [-0.25, -0.2) is 0 Å². The summed E-state index contributed by atoms with van der Waals surface area (Å²) in [7, 11) is 0.972. The molecular formula is C8H22S2. The van der Waals surface area contributed by atoms with Gasteiger partial charge >= 0.3 is 0 Å². The van der Waals surface area contributed by atoms with Crippen molar-refractivity contribution in [2.75, 3.05) is 29.8 Å². The molecule has 0 atom stereocenters. The highest BCUT2D eigenvalue weighted by atomic mass is 33.2. The van der Waals surface area contributed by atoms with Gasteiger partial charge in [-0.05, 0) is 29.8 Å². The third-order valence-corrected chi connectivity index (χ3v) is 12.6. The second-order valence-electron chi connectivity index (χ2n) is 3.61. The van der Waals surface area contributed by atoms with Gasteiger partial charge in [0, 0.05) is 0 Å². The Hall–Kier alpha value is 0.700. The van der Waals surface area contributed by atoms with Crippen LogP contribution in [-0.2, 0) is 0 Å². The van der Waals surface area contributed by atoms with Crippen LogP contribution in [0.15, 0.2) is 0 Å². The summed E-state index contributed by atoms with van der Waals surface area (Å²) in [5, 5.41) is 0. The Morgan fingerprint density at radius 2 is 1.40 bits per heavy atom. The molecule has 0 saturated carbocycles. The Morgan fingerprint density at radius 3 is 1.50 bits per heavy atom. The Morgan fingerprint density at radius 1 is 1.00 bits per heavy atom. The molecule has 0 aliphatic carbocycles. The minimum absolute atomic E-state index is 1.24. The van der Waals surface area contributed by atoms with E-state index in [1.165, 1.54) is 17.3 Å². The Bertz CT molecular complexity index is 99.8. The van der Waals surface area contributed by atoms with Crippen molar-refractivity contribution in [2.45, 2.75) is 20.8 Å². The summed E-state index contributed by atoms with van der Waals surface area (Å²) < 4.78 is 0. The lowest BCUT2D eigenvalue weighted by Crippen LogP contribution is -2.16. The van der Waals surface area contributed by atoms with Crippen LogP contribution in [0.25, 0.3) is 0 Å². The molecule has 2 heteroatoms. The van der Waals surface area contributed by atoms with Gasteiger partial charge in [0.1, 0.15) is 0 Å². The molecule has 0 bridgehead atoms. The fraction of sp³-hybridized carbons (Fsp3) is 1.00. The monoisotopic (exact) mass is 182 g/mol. The van der Waals surface area contributed by atoms with Gasteiger partial charge in [-0.3, -0.25) is 8.19 Å². The fourth-order valence-corrected chi connectivity index (χ4v) is 6.28. The summed E-state index contributed by atoms with van der Waals surface area (Å²) in [6, 6.07) is 0. The zero-order valence-electron chi connectivity index (χ0n) is 7.98. The van der Waals surface area contributed by atoms with E-state index >= 15 is 0 Å². The largest absolute Gasteiger partial charge is 0.252 e. The molecule has 0 heterocycles. The maximum Gasteiger partial charge on any atom is -0.00212 e. The molecule has 0 rings (SSSR count). The van der Waals surface area contributed by atoms with E-state index < -0.39 is 8.19 Å². The molecular weight excluding hydrogens is 160 g/mol. The van der Waals surface area contributed by atoms with Gasteiger partial charge in [0.25, 0.3) is 0 Å². The Balaban J connectivity index is 4.19. The van der Waals surface area contributed by atoms with Gasteiger partial charge in [0.2, 0.25) is 0 Å². The van der Waals surface area contributed by atoms with Crippen LogP contribution in [0.4, 0.5) is 0 Å². The lowest BCUT2D eigenvalue weighted by atomic mass is 11.0. The maximum atomic E-state index is 2.50. The van der Waals surface area contributed by atoms with Crippen LogP contribution in [0.2, 0.25) is 0 Å². The Kier molecular flexibility index (Phi) is 3.64. The van der Waals surface area contributed by atoms with Crippen LogP contribution >= 0.6 is 19.0 Å². The van der Waals surface area contributed by atoms with Crippen molar-refractivity contribution in [1.29, 1.82) is 0 Å². The number of rotatable bonds is 4. The zero-order valence-corrected chi connectivity index (χ0v) is 9.69. The average Bonchev–Trinajstić information content (AvgIpc) is 1.90. The number of hydrogen-bond acceptors (Lipinski definition) is 1. The predicted molar refractivity (Wildman–Crippen MR) is 60.0 cm³/mol. The van der Waals surface area contributed by atoms with Gasteiger partial charge < -0.3 is 0 Å². The van der Waals surface area contributed by atoms with Gasteiger partial charge in [0.05, 0.1) is 0 Å². The first-order valence-electron chi connectivity index (χ1n) is 4.12. The highest BCUT2D eigenvalue weighted by Gasteiger charge is 2.25. The van der Waals surface area contributed by atoms with Crippen molar-refractivity contribution in [3.8, 4) is 0 Å². The minimum atomic E-state index is -1.24. The van der Waals surface area contributed by atoms with Crippen LogP contribution in [0, 0.1) is 0 Å². The molecule has 0 nitrogen and oxygen atoms in total. The predicted octanol–water partition coefficient (Wildman–Crippen LogP) is 3.03. The summed E-state index contributed by atoms with van der Waals surface area (Å²) in [6.45, 7) is 6.94. The summed E-state index contributed by atoms with van der Waals surface area (Å²) in [5.74, 6) is 4.06. The van der Waals surface area contributed by atoms with Crippen LogP contribution < -0.4 is 0 Å². The minimum Gasteiger partial charge on any atom is -0.252 e. The summed E-state index contributed by atoms with van der Waals surface area (Å²) in [5.41, 5.74) is 0. The van der Waals surface area contributed by atoms with Crippen molar-refractivity contribution in [3.63, 3.8) is 0 Å². The molecule has 0 N–H and O–H groups in total. The first kappa shape index (κ1) is 10.7. The summed E-state index contributed by atoms with van der Waals surface area (Å²) in [4.78, 5) is 0. The molecule has 66 valence electrons. The second-order valence-corrected chi connectivity index (χ2v) is 15.3. The van der Waals surface area contributed by atoms with Crippen LogP contribution in [-0.4, -0.2) is 29.8 Å². The summed E-state index contributed by atoms with van der Waals surface area (Å²) >= 11 is 0. The Labute approximate surface area is 69.8 Å². The fourth-order valence-electron chi connectivity index (χ4n) is 0.847. The lowest BCUT2D eigenvalue weighted by Gasteiger charge is -2.53. The second kappa shape index (κ2) is 3.40.